The van der Waals surface area contributed by atoms with Gasteiger partial charge in [-0.25, -0.2) is 0 Å². The van der Waals surface area contributed by atoms with Crippen LogP contribution >= 0.6 is 0 Å². The molecule has 0 saturated carbocycles. The SMILES string of the molecule is CCCn1ccc2ccc(CC(N)=O)cc21. The van der Waals surface area contributed by atoms with Crippen LogP contribution in [0.5, 0.6) is 0 Å². The summed E-state index contributed by atoms with van der Waals surface area (Å²) in [6.07, 6.45) is 3.50. The molecule has 1 aromatic carbocycles. The van der Waals surface area contributed by atoms with Crippen LogP contribution in [0, 0.1) is 0 Å². The largest absolute Gasteiger partial charge is 0.369 e. The maximum absolute atomic E-state index is 10.9. The van der Waals surface area contributed by atoms with Gasteiger partial charge in [0.25, 0.3) is 0 Å². The molecule has 0 unspecified atom stereocenters. The van der Waals surface area contributed by atoms with Gasteiger partial charge in [-0.05, 0) is 29.5 Å². The number of hydrogen-bond donors (Lipinski definition) is 1. The van der Waals surface area contributed by atoms with Crippen molar-refractivity contribution in [1.29, 1.82) is 0 Å². The summed E-state index contributed by atoms with van der Waals surface area (Å²) in [6.45, 7) is 3.16. The summed E-state index contributed by atoms with van der Waals surface area (Å²) in [5.74, 6) is -0.284. The van der Waals surface area contributed by atoms with Crippen molar-refractivity contribution in [2.75, 3.05) is 0 Å². The predicted octanol–water partition coefficient (Wildman–Crippen LogP) is 2.08. The zero-order chi connectivity index (χ0) is 11.5. The Morgan fingerprint density at radius 3 is 2.88 bits per heavy atom. The Morgan fingerprint density at radius 1 is 1.38 bits per heavy atom. The molecule has 0 aliphatic heterocycles. The molecule has 2 aromatic rings. The number of primary amides is 1. The second kappa shape index (κ2) is 4.39. The van der Waals surface area contributed by atoms with Crippen LogP contribution in [-0.4, -0.2) is 10.5 Å². The Morgan fingerprint density at radius 2 is 2.19 bits per heavy atom. The first-order chi connectivity index (χ1) is 7.70. The number of rotatable bonds is 4. The molecule has 2 rings (SSSR count). The standard InChI is InChI=1S/C13H16N2O/c1-2-6-15-7-5-11-4-3-10(8-12(11)15)9-13(14)16/h3-5,7-8H,2,6,9H2,1H3,(H2,14,16). The average molecular weight is 216 g/mol. The van der Waals surface area contributed by atoms with Gasteiger partial charge in [0.1, 0.15) is 0 Å². The molecule has 0 aliphatic rings. The summed E-state index contributed by atoms with van der Waals surface area (Å²) in [5, 5.41) is 1.21. The molecule has 1 aromatic heterocycles. The van der Waals surface area contributed by atoms with Gasteiger partial charge in [0.05, 0.1) is 6.42 Å². The Labute approximate surface area is 94.9 Å². The predicted molar refractivity (Wildman–Crippen MR) is 65.1 cm³/mol. The van der Waals surface area contributed by atoms with E-state index in [-0.39, 0.29) is 5.91 Å². The number of nitrogens with two attached hydrogens (primary N) is 1. The van der Waals surface area contributed by atoms with Crippen LogP contribution in [0.1, 0.15) is 18.9 Å². The van der Waals surface area contributed by atoms with Crippen molar-refractivity contribution in [3.63, 3.8) is 0 Å². The van der Waals surface area contributed by atoms with Gasteiger partial charge in [0.15, 0.2) is 0 Å². The Balaban J connectivity index is 2.41. The normalized spacial score (nSPS) is 10.8. The fourth-order valence-corrected chi connectivity index (χ4v) is 1.98. The van der Waals surface area contributed by atoms with Crippen LogP contribution in [0.4, 0.5) is 0 Å². The highest BCUT2D eigenvalue weighted by Crippen LogP contribution is 2.18. The summed E-state index contributed by atoms with van der Waals surface area (Å²) in [4.78, 5) is 10.9. The number of carbonyl (C=O) groups is 1. The smallest absolute Gasteiger partial charge is 0.221 e. The van der Waals surface area contributed by atoms with Crippen molar-refractivity contribution in [2.45, 2.75) is 26.3 Å². The van der Waals surface area contributed by atoms with E-state index >= 15 is 0 Å². The minimum absolute atomic E-state index is 0.284. The summed E-state index contributed by atoms with van der Waals surface area (Å²) >= 11 is 0. The lowest BCUT2D eigenvalue weighted by Crippen LogP contribution is -2.13. The highest BCUT2D eigenvalue weighted by molar-refractivity contribution is 5.83. The molecule has 1 amide bonds. The fraction of sp³-hybridized carbons (Fsp3) is 0.308. The molecule has 0 radical (unpaired) electrons. The molecule has 2 N–H and O–H groups in total. The van der Waals surface area contributed by atoms with Gasteiger partial charge in [-0.3, -0.25) is 4.79 Å². The molecule has 3 nitrogen and oxygen atoms in total. The molecule has 3 heteroatoms. The van der Waals surface area contributed by atoms with E-state index in [9.17, 15) is 4.79 Å². The molecule has 0 atom stereocenters. The molecule has 0 fully saturated rings. The molecule has 0 spiro atoms. The monoisotopic (exact) mass is 216 g/mol. The second-order valence-corrected chi connectivity index (χ2v) is 4.05. The van der Waals surface area contributed by atoms with Crippen LogP contribution in [0.2, 0.25) is 0 Å². The summed E-state index contributed by atoms with van der Waals surface area (Å²) in [7, 11) is 0. The van der Waals surface area contributed by atoms with Gasteiger partial charge in [-0.15, -0.1) is 0 Å². The number of hydrogen-bond acceptors (Lipinski definition) is 1. The van der Waals surface area contributed by atoms with Gasteiger partial charge < -0.3 is 10.3 Å². The molecule has 0 aliphatic carbocycles. The van der Waals surface area contributed by atoms with Gasteiger partial charge in [0, 0.05) is 18.3 Å². The van der Waals surface area contributed by atoms with Crippen LogP contribution < -0.4 is 5.73 Å². The van der Waals surface area contributed by atoms with E-state index in [0.29, 0.717) is 6.42 Å². The van der Waals surface area contributed by atoms with Gasteiger partial charge >= 0.3 is 0 Å². The van der Waals surface area contributed by atoms with E-state index in [1.165, 1.54) is 10.9 Å². The van der Waals surface area contributed by atoms with Crippen molar-refractivity contribution >= 4 is 16.8 Å². The minimum Gasteiger partial charge on any atom is -0.369 e. The fourth-order valence-electron chi connectivity index (χ4n) is 1.98. The number of fused-ring (bicyclic) bond motifs is 1. The molecule has 84 valence electrons. The third-order valence-corrected chi connectivity index (χ3v) is 2.68. The van der Waals surface area contributed by atoms with E-state index in [4.69, 9.17) is 5.73 Å². The highest BCUT2D eigenvalue weighted by atomic mass is 16.1. The Kier molecular flexibility index (Phi) is 2.95. The third-order valence-electron chi connectivity index (χ3n) is 2.68. The zero-order valence-corrected chi connectivity index (χ0v) is 9.44. The van der Waals surface area contributed by atoms with E-state index in [0.717, 1.165) is 18.5 Å². The summed E-state index contributed by atoms with van der Waals surface area (Å²) in [6, 6.07) is 8.15. The lowest BCUT2D eigenvalue weighted by Gasteiger charge is -2.04. The molecular formula is C13H16N2O. The maximum Gasteiger partial charge on any atom is 0.221 e. The van der Waals surface area contributed by atoms with E-state index in [1.54, 1.807) is 0 Å². The Hall–Kier alpha value is -1.77. The summed E-state index contributed by atoms with van der Waals surface area (Å²) in [5.41, 5.74) is 7.36. The average Bonchev–Trinajstić information content (AvgIpc) is 2.61. The quantitative estimate of drug-likeness (QED) is 0.835. The first-order valence-electron chi connectivity index (χ1n) is 5.57. The minimum atomic E-state index is -0.284. The van der Waals surface area contributed by atoms with Crippen molar-refractivity contribution in [2.24, 2.45) is 5.73 Å². The van der Waals surface area contributed by atoms with Crippen LogP contribution in [0.3, 0.4) is 0 Å². The van der Waals surface area contributed by atoms with Crippen LogP contribution in [0.15, 0.2) is 30.5 Å². The lowest BCUT2D eigenvalue weighted by molar-refractivity contribution is -0.117. The van der Waals surface area contributed by atoms with Crippen molar-refractivity contribution in [3.8, 4) is 0 Å². The van der Waals surface area contributed by atoms with Crippen molar-refractivity contribution in [3.05, 3.63) is 36.0 Å². The number of nitrogens with zero attached hydrogens (tertiary/aromatic N) is 1. The van der Waals surface area contributed by atoms with E-state index < -0.39 is 0 Å². The topological polar surface area (TPSA) is 48.0 Å². The zero-order valence-electron chi connectivity index (χ0n) is 9.44. The maximum atomic E-state index is 10.9. The first kappa shape index (κ1) is 10.7. The van der Waals surface area contributed by atoms with Gasteiger partial charge in [-0.1, -0.05) is 19.1 Å². The third kappa shape index (κ3) is 2.08. The molecule has 0 bridgehead atoms. The molecule has 16 heavy (non-hydrogen) atoms. The number of amides is 1. The number of benzene rings is 1. The first-order valence-corrected chi connectivity index (χ1v) is 5.57. The number of aromatic nitrogens is 1. The Bertz CT molecular complexity index is 514. The second-order valence-electron chi connectivity index (χ2n) is 4.05. The molecule has 1 heterocycles. The van der Waals surface area contributed by atoms with Gasteiger partial charge in [0.2, 0.25) is 5.91 Å². The van der Waals surface area contributed by atoms with Crippen LogP contribution in [-0.2, 0) is 17.8 Å². The molecule has 0 saturated heterocycles. The number of carbonyl (C=O) groups excluding carboxylic acids is 1. The highest BCUT2D eigenvalue weighted by Gasteiger charge is 2.03. The van der Waals surface area contributed by atoms with Crippen LogP contribution in [0.25, 0.3) is 10.9 Å². The lowest BCUT2D eigenvalue weighted by atomic mass is 10.1. The van der Waals surface area contributed by atoms with E-state index in [2.05, 4.69) is 29.8 Å². The molecular weight excluding hydrogens is 200 g/mol. The van der Waals surface area contributed by atoms with E-state index in [1.807, 2.05) is 12.1 Å². The number of aryl methyl sites for hydroxylation is 1. The van der Waals surface area contributed by atoms with Gasteiger partial charge in [-0.2, -0.15) is 0 Å². The summed E-state index contributed by atoms with van der Waals surface area (Å²) < 4.78 is 2.21. The van der Waals surface area contributed by atoms with Crippen molar-refractivity contribution < 1.29 is 4.79 Å². The van der Waals surface area contributed by atoms with Crippen molar-refractivity contribution in [1.82, 2.24) is 4.57 Å².